The van der Waals surface area contributed by atoms with E-state index in [1.165, 1.54) is 0 Å². The van der Waals surface area contributed by atoms with Gasteiger partial charge in [-0.3, -0.25) is 0 Å². The zero-order chi connectivity index (χ0) is 11.8. The minimum absolute atomic E-state index is 0.205. The first-order valence-electron chi connectivity index (χ1n) is 5.65. The SMILES string of the molecule is Cc1ccnc(N)c1C(N)C1(C)CCCO1. The van der Waals surface area contributed by atoms with Crippen molar-refractivity contribution in [3.63, 3.8) is 0 Å². The average Bonchev–Trinajstić information content (AvgIpc) is 2.66. The van der Waals surface area contributed by atoms with E-state index in [1.807, 2.05) is 13.0 Å². The van der Waals surface area contributed by atoms with Crippen LogP contribution in [0, 0.1) is 6.92 Å². The number of aromatic nitrogens is 1. The average molecular weight is 221 g/mol. The molecule has 0 saturated carbocycles. The molecule has 1 saturated heterocycles. The van der Waals surface area contributed by atoms with Crippen molar-refractivity contribution in [3.8, 4) is 0 Å². The van der Waals surface area contributed by atoms with Crippen molar-refractivity contribution >= 4 is 5.82 Å². The summed E-state index contributed by atoms with van der Waals surface area (Å²) in [7, 11) is 0. The number of nitrogens with two attached hydrogens (primary N) is 2. The number of hydrogen-bond donors (Lipinski definition) is 2. The summed E-state index contributed by atoms with van der Waals surface area (Å²) in [5.41, 5.74) is 13.9. The molecule has 1 aromatic rings. The normalized spacial score (nSPS) is 26.9. The first kappa shape index (κ1) is 11.4. The highest BCUT2D eigenvalue weighted by Crippen LogP contribution is 2.38. The lowest BCUT2D eigenvalue weighted by atomic mass is 9.87. The van der Waals surface area contributed by atoms with Crippen LogP contribution in [0.5, 0.6) is 0 Å². The fourth-order valence-electron chi connectivity index (χ4n) is 2.35. The molecule has 4 nitrogen and oxygen atoms in total. The van der Waals surface area contributed by atoms with Crippen molar-refractivity contribution in [3.05, 3.63) is 23.4 Å². The van der Waals surface area contributed by atoms with Gasteiger partial charge < -0.3 is 16.2 Å². The second-order valence-corrected chi connectivity index (χ2v) is 4.67. The highest BCUT2D eigenvalue weighted by molar-refractivity contribution is 5.47. The zero-order valence-electron chi connectivity index (χ0n) is 9.86. The highest BCUT2D eigenvalue weighted by Gasteiger charge is 2.38. The Morgan fingerprint density at radius 3 is 2.88 bits per heavy atom. The molecule has 0 aliphatic carbocycles. The molecule has 2 heterocycles. The lowest BCUT2D eigenvalue weighted by Crippen LogP contribution is -2.38. The molecule has 1 aromatic heterocycles. The molecule has 0 amide bonds. The Labute approximate surface area is 96.0 Å². The molecule has 1 fully saturated rings. The minimum atomic E-state index is -0.304. The molecule has 16 heavy (non-hydrogen) atoms. The Bertz CT molecular complexity index is 366. The summed E-state index contributed by atoms with van der Waals surface area (Å²) in [5.74, 6) is 0.518. The van der Waals surface area contributed by atoms with E-state index in [0.717, 1.165) is 30.6 Å². The second kappa shape index (κ2) is 4.03. The third kappa shape index (κ3) is 1.79. The van der Waals surface area contributed by atoms with Gasteiger partial charge in [-0.05, 0) is 38.3 Å². The molecule has 88 valence electrons. The van der Waals surface area contributed by atoms with Crippen LogP contribution >= 0.6 is 0 Å². The van der Waals surface area contributed by atoms with E-state index in [4.69, 9.17) is 16.2 Å². The maximum Gasteiger partial charge on any atom is 0.128 e. The van der Waals surface area contributed by atoms with Gasteiger partial charge in [0.05, 0.1) is 11.6 Å². The largest absolute Gasteiger partial charge is 0.383 e. The fourth-order valence-corrected chi connectivity index (χ4v) is 2.35. The lowest BCUT2D eigenvalue weighted by molar-refractivity contribution is -0.00178. The summed E-state index contributed by atoms with van der Waals surface area (Å²) >= 11 is 0. The maximum absolute atomic E-state index is 6.29. The Hall–Kier alpha value is -1.13. The Balaban J connectivity index is 2.36. The first-order valence-corrected chi connectivity index (χ1v) is 5.65. The molecule has 0 aromatic carbocycles. The zero-order valence-corrected chi connectivity index (χ0v) is 9.86. The van der Waals surface area contributed by atoms with Gasteiger partial charge in [-0.15, -0.1) is 0 Å². The number of nitrogens with zero attached hydrogens (tertiary/aromatic N) is 1. The van der Waals surface area contributed by atoms with Crippen LogP contribution in [0.1, 0.15) is 36.9 Å². The number of hydrogen-bond acceptors (Lipinski definition) is 4. The molecule has 0 bridgehead atoms. The lowest BCUT2D eigenvalue weighted by Gasteiger charge is -2.32. The van der Waals surface area contributed by atoms with Crippen LogP contribution in [0.2, 0.25) is 0 Å². The molecule has 0 radical (unpaired) electrons. The Morgan fingerprint density at radius 2 is 2.31 bits per heavy atom. The molecule has 2 atom stereocenters. The van der Waals surface area contributed by atoms with Gasteiger partial charge in [0, 0.05) is 18.4 Å². The van der Waals surface area contributed by atoms with Gasteiger partial charge in [-0.1, -0.05) is 0 Å². The van der Waals surface area contributed by atoms with Crippen molar-refractivity contribution in [2.24, 2.45) is 5.73 Å². The van der Waals surface area contributed by atoms with E-state index in [2.05, 4.69) is 11.9 Å². The molecule has 2 unspecified atom stereocenters. The monoisotopic (exact) mass is 221 g/mol. The third-order valence-electron chi connectivity index (χ3n) is 3.46. The van der Waals surface area contributed by atoms with Crippen LogP contribution in [0.4, 0.5) is 5.82 Å². The predicted molar refractivity (Wildman–Crippen MR) is 63.9 cm³/mol. The van der Waals surface area contributed by atoms with Crippen LogP contribution in [0.3, 0.4) is 0 Å². The van der Waals surface area contributed by atoms with E-state index in [1.54, 1.807) is 6.20 Å². The van der Waals surface area contributed by atoms with Gasteiger partial charge in [0.25, 0.3) is 0 Å². The summed E-state index contributed by atoms with van der Waals surface area (Å²) in [4.78, 5) is 4.11. The number of nitrogen functional groups attached to an aromatic ring is 1. The Kier molecular flexibility index (Phi) is 2.86. The summed E-state index contributed by atoms with van der Waals surface area (Å²) in [6, 6.07) is 1.73. The van der Waals surface area contributed by atoms with E-state index in [9.17, 15) is 0 Å². The molecule has 1 aliphatic heterocycles. The topological polar surface area (TPSA) is 74.2 Å². The number of anilines is 1. The van der Waals surface area contributed by atoms with Crippen molar-refractivity contribution in [1.82, 2.24) is 4.98 Å². The summed E-state index contributed by atoms with van der Waals surface area (Å²) in [6.07, 6.45) is 3.74. The van der Waals surface area contributed by atoms with Crippen LogP contribution in [-0.2, 0) is 4.74 Å². The van der Waals surface area contributed by atoms with Crippen LogP contribution in [0.25, 0.3) is 0 Å². The standard InChI is InChI=1S/C12H19N3O/c1-8-4-6-15-11(14)9(8)10(13)12(2)5-3-7-16-12/h4,6,10H,3,5,7,13H2,1-2H3,(H2,14,15). The van der Waals surface area contributed by atoms with Crippen LogP contribution in [0.15, 0.2) is 12.3 Å². The van der Waals surface area contributed by atoms with Crippen molar-refractivity contribution in [2.75, 3.05) is 12.3 Å². The quantitative estimate of drug-likeness (QED) is 0.794. The van der Waals surface area contributed by atoms with Gasteiger partial charge in [0.2, 0.25) is 0 Å². The molecular formula is C12H19N3O. The summed E-state index contributed by atoms with van der Waals surface area (Å²) < 4.78 is 5.76. The van der Waals surface area contributed by atoms with Gasteiger partial charge in [-0.25, -0.2) is 4.98 Å². The van der Waals surface area contributed by atoms with Crippen LogP contribution < -0.4 is 11.5 Å². The number of pyridine rings is 1. The molecular weight excluding hydrogens is 202 g/mol. The van der Waals surface area contributed by atoms with Crippen molar-refractivity contribution < 1.29 is 4.74 Å². The molecule has 4 N–H and O–H groups in total. The van der Waals surface area contributed by atoms with E-state index in [-0.39, 0.29) is 11.6 Å². The summed E-state index contributed by atoms with van der Waals surface area (Å²) in [5, 5.41) is 0. The molecule has 0 spiro atoms. The van der Waals surface area contributed by atoms with Crippen molar-refractivity contribution in [1.29, 1.82) is 0 Å². The van der Waals surface area contributed by atoms with Gasteiger partial charge in [0.1, 0.15) is 5.82 Å². The minimum Gasteiger partial charge on any atom is -0.383 e. The predicted octanol–water partition coefficient (Wildman–Crippen LogP) is 1.54. The number of rotatable bonds is 2. The van der Waals surface area contributed by atoms with Gasteiger partial charge >= 0.3 is 0 Å². The maximum atomic E-state index is 6.29. The highest BCUT2D eigenvalue weighted by atomic mass is 16.5. The van der Waals surface area contributed by atoms with E-state index >= 15 is 0 Å². The van der Waals surface area contributed by atoms with Crippen LogP contribution in [-0.4, -0.2) is 17.2 Å². The van der Waals surface area contributed by atoms with Gasteiger partial charge in [-0.2, -0.15) is 0 Å². The summed E-state index contributed by atoms with van der Waals surface area (Å²) in [6.45, 7) is 4.84. The fraction of sp³-hybridized carbons (Fsp3) is 0.583. The Morgan fingerprint density at radius 1 is 1.56 bits per heavy atom. The second-order valence-electron chi connectivity index (χ2n) is 4.67. The number of aryl methyl sites for hydroxylation is 1. The smallest absolute Gasteiger partial charge is 0.128 e. The third-order valence-corrected chi connectivity index (χ3v) is 3.46. The molecule has 4 heteroatoms. The molecule has 2 rings (SSSR count). The first-order chi connectivity index (χ1) is 7.54. The van der Waals surface area contributed by atoms with Crippen molar-refractivity contribution in [2.45, 2.75) is 38.3 Å². The molecule has 1 aliphatic rings. The van der Waals surface area contributed by atoms with Gasteiger partial charge in [0.15, 0.2) is 0 Å². The van der Waals surface area contributed by atoms with E-state index in [0.29, 0.717) is 5.82 Å². The number of ether oxygens (including phenoxy) is 1. The van der Waals surface area contributed by atoms with E-state index < -0.39 is 0 Å².